The zero-order valence-corrected chi connectivity index (χ0v) is 13.0. The number of halogens is 1. The standard InChI is InChI=1S/C14H20N2O4.ClH/c1-9-11(12(17)19-2)7-10(20-9)8-16-13(18)14(15)5-3-4-6-14;/h7H,3-6,8,15H2,1-2H3,(H,16,18);1H. The van der Waals surface area contributed by atoms with Gasteiger partial charge in [0.05, 0.1) is 19.2 Å². The van der Waals surface area contributed by atoms with Gasteiger partial charge in [-0.15, -0.1) is 12.4 Å². The first-order valence-corrected chi connectivity index (χ1v) is 6.71. The molecule has 0 aromatic carbocycles. The molecule has 1 aliphatic carbocycles. The maximum atomic E-state index is 12.1. The number of ether oxygens (including phenoxy) is 1. The van der Waals surface area contributed by atoms with E-state index in [2.05, 4.69) is 10.1 Å². The fourth-order valence-corrected chi connectivity index (χ4v) is 2.52. The number of esters is 1. The topological polar surface area (TPSA) is 94.6 Å². The van der Waals surface area contributed by atoms with Crippen LogP contribution < -0.4 is 11.1 Å². The monoisotopic (exact) mass is 316 g/mol. The minimum Gasteiger partial charge on any atom is -0.465 e. The van der Waals surface area contributed by atoms with E-state index in [0.717, 1.165) is 12.8 Å². The van der Waals surface area contributed by atoms with Gasteiger partial charge in [0, 0.05) is 0 Å². The number of rotatable bonds is 4. The van der Waals surface area contributed by atoms with E-state index in [1.807, 2.05) is 0 Å². The second kappa shape index (κ2) is 6.95. The van der Waals surface area contributed by atoms with Crippen LogP contribution in [0.1, 0.15) is 47.6 Å². The smallest absolute Gasteiger partial charge is 0.341 e. The molecule has 1 aromatic heterocycles. The summed E-state index contributed by atoms with van der Waals surface area (Å²) in [4.78, 5) is 23.5. The number of aryl methyl sites for hydroxylation is 1. The van der Waals surface area contributed by atoms with E-state index in [0.29, 0.717) is 29.9 Å². The third kappa shape index (κ3) is 3.77. The van der Waals surface area contributed by atoms with Crippen molar-refractivity contribution in [3.05, 3.63) is 23.2 Å². The molecule has 2 rings (SSSR count). The lowest BCUT2D eigenvalue weighted by Gasteiger charge is -2.21. The molecule has 0 bridgehead atoms. The second-order valence-corrected chi connectivity index (χ2v) is 5.22. The molecule has 21 heavy (non-hydrogen) atoms. The summed E-state index contributed by atoms with van der Waals surface area (Å²) in [6, 6.07) is 1.58. The summed E-state index contributed by atoms with van der Waals surface area (Å²) >= 11 is 0. The molecule has 1 aliphatic rings. The number of nitrogens with two attached hydrogens (primary N) is 1. The number of carbonyl (C=O) groups is 2. The molecular weight excluding hydrogens is 296 g/mol. The number of nitrogens with one attached hydrogen (secondary N) is 1. The predicted molar refractivity (Wildman–Crippen MR) is 79.3 cm³/mol. The summed E-state index contributed by atoms with van der Waals surface area (Å²) in [5.74, 6) is 0.376. The van der Waals surface area contributed by atoms with Gasteiger partial charge < -0.3 is 20.2 Å². The van der Waals surface area contributed by atoms with Crippen molar-refractivity contribution in [1.29, 1.82) is 0 Å². The molecule has 3 N–H and O–H groups in total. The zero-order chi connectivity index (χ0) is 14.8. The predicted octanol–water partition coefficient (Wildman–Crippen LogP) is 1.68. The van der Waals surface area contributed by atoms with Gasteiger partial charge in [-0.2, -0.15) is 0 Å². The fraction of sp³-hybridized carbons (Fsp3) is 0.571. The van der Waals surface area contributed by atoms with Gasteiger partial charge in [-0.3, -0.25) is 4.79 Å². The van der Waals surface area contributed by atoms with E-state index in [9.17, 15) is 9.59 Å². The van der Waals surface area contributed by atoms with Crippen LogP contribution in [0.2, 0.25) is 0 Å². The molecule has 1 saturated carbocycles. The molecule has 7 heteroatoms. The van der Waals surface area contributed by atoms with Gasteiger partial charge >= 0.3 is 5.97 Å². The molecule has 0 aliphatic heterocycles. The molecule has 0 unspecified atom stereocenters. The lowest BCUT2D eigenvalue weighted by atomic mass is 9.98. The zero-order valence-electron chi connectivity index (χ0n) is 12.2. The quantitative estimate of drug-likeness (QED) is 0.824. The Bertz CT molecular complexity index is 521. The average molecular weight is 317 g/mol. The Hall–Kier alpha value is -1.53. The highest BCUT2D eigenvalue weighted by Gasteiger charge is 2.36. The van der Waals surface area contributed by atoms with Crippen LogP contribution in [-0.4, -0.2) is 24.5 Å². The number of hydrogen-bond donors (Lipinski definition) is 2. The highest BCUT2D eigenvalue weighted by molar-refractivity contribution is 5.90. The minimum absolute atomic E-state index is 0. The third-order valence-corrected chi connectivity index (χ3v) is 3.75. The molecule has 6 nitrogen and oxygen atoms in total. The Morgan fingerprint density at radius 1 is 1.43 bits per heavy atom. The fourth-order valence-electron chi connectivity index (χ4n) is 2.52. The van der Waals surface area contributed by atoms with Gasteiger partial charge in [0.25, 0.3) is 0 Å². The normalized spacial score (nSPS) is 16.1. The van der Waals surface area contributed by atoms with Gasteiger partial charge in [0.15, 0.2) is 0 Å². The van der Waals surface area contributed by atoms with Gasteiger partial charge in [-0.05, 0) is 25.8 Å². The SMILES string of the molecule is COC(=O)c1cc(CNC(=O)C2(N)CCCC2)oc1C.Cl. The van der Waals surface area contributed by atoms with Gasteiger partial charge in [0.2, 0.25) is 5.91 Å². The molecule has 1 heterocycles. The van der Waals surface area contributed by atoms with Gasteiger partial charge in [0.1, 0.15) is 17.1 Å². The highest BCUT2D eigenvalue weighted by Crippen LogP contribution is 2.27. The molecule has 1 aromatic rings. The van der Waals surface area contributed by atoms with Crippen molar-refractivity contribution in [3.63, 3.8) is 0 Å². The first kappa shape index (κ1) is 17.5. The number of methoxy groups -OCH3 is 1. The van der Waals surface area contributed by atoms with Crippen LogP contribution in [0.25, 0.3) is 0 Å². The Labute approximate surface area is 129 Å². The van der Waals surface area contributed by atoms with Crippen LogP contribution in [-0.2, 0) is 16.1 Å². The maximum absolute atomic E-state index is 12.1. The molecule has 0 radical (unpaired) electrons. The Balaban J connectivity index is 0.00000220. The van der Waals surface area contributed by atoms with Crippen LogP contribution in [0, 0.1) is 6.92 Å². The maximum Gasteiger partial charge on any atom is 0.341 e. The van der Waals surface area contributed by atoms with E-state index >= 15 is 0 Å². The van der Waals surface area contributed by atoms with Crippen molar-refractivity contribution in [2.75, 3.05) is 7.11 Å². The van der Waals surface area contributed by atoms with Crippen molar-refractivity contribution in [2.45, 2.75) is 44.7 Å². The summed E-state index contributed by atoms with van der Waals surface area (Å²) in [7, 11) is 1.31. The van der Waals surface area contributed by atoms with Crippen molar-refractivity contribution in [3.8, 4) is 0 Å². The molecule has 0 atom stereocenters. The Morgan fingerprint density at radius 3 is 2.62 bits per heavy atom. The van der Waals surface area contributed by atoms with Crippen molar-refractivity contribution < 1.29 is 18.7 Å². The molecule has 1 fully saturated rings. The largest absolute Gasteiger partial charge is 0.465 e. The van der Waals surface area contributed by atoms with E-state index in [4.69, 9.17) is 10.2 Å². The third-order valence-electron chi connectivity index (χ3n) is 3.75. The summed E-state index contributed by atoms with van der Waals surface area (Å²) in [6.07, 6.45) is 3.39. The van der Waals surface area contributed by atoms with Crippen molar-refractivity contribution in [2.24, 2.45) is 5.73 Å². The van der Waals surface area contributed by atoms with Crippen molar-refractivity contribution in [1.82, 2.24) is 5.32 Å². The number of hydrogen-bond acceptors (Lipinski definition) is 5. The summed E-state index contributed by atoms with van der Waals surface area (Å²) in [5, 5.41) is 2.77. The van der Waals surface area contributed by atoms with Crippen LogP contribution in [0.15, 0.2) is 10.5 Å². The van der Waals surface area contributed by atoms with E-state index in [-0.39, 0.29) is 24.9 Å². The van der Waals surface area contributed by atoms with E-state index in [1.54, 1.807) is 13.0 Å². The van der Waals surface area contributed by atoms with Crippen LogP contribution in [0.5, 0.6) is 0 Å². The first-order chi connectivity index (χ1) is 9.46. The van der Waals surface area contributed by atoms with Crippen LogP contribution in [0.4, 0.5) is 0 Å². The summed E-state index contributed by atoms with van der Waals surface area (Å²) < 4.78 is 10.1. The Kier molecular flexibility index (Phi) is 5.80. The van der Waals surface area contributed by atoms with E-state index < -0.39 is 11.5 Å². The van der Waals surface area contributed by atoms with Gasteiger partial charge in [-0.25, -0.2) is 4.79 Å². The second-order valence-electron chi connectivity index (χ2n) is 5.22. The number of amides is 1. The average Bonchev–Trinajstić information content (AvgIpc) is 3.02. The number of carbonyl (C=O) groups excluding carboxylic acids is 2. The molecule has 1 amide bonds. The van der Waals surface area contributed by atoms with Crippen molar-refractivity contribution >= 4 is 24.3 Å². The number of furan rings is 1. The lowest BCUT2D eigenvalue weighted by Crippen LogP contribution is -2.51. The first-order valence-electron chi connectivity index (χ1n) is 6.71. The molecular formula is C14H21ClN2O4. The van der Waals surface area contributed by atoms with Crippen LogP contribution >= 0.6 is 12.4 Å². The Morgan fingerprint density at radius 2 is 2.05 bits per heavy atom. The molecule has 0 spiro atoms. The summed E-state index contributed by atoms with van der Waals surface area (Å²) in [6.45, 7) is 1.90. The van der Waals surface area contributed by atoms with E-state index in [1.165, 1.54) is 7.11 Å². The molecule has 118 valence electrons. The van der Waals surface area contributed by atoms with Crippen LogP contribution in [0.3, 0.4) is 0 Å². The molecule has 0 saturated heterocycles. The summed E-state index contributed by atoms with van der Waals surface area (Å²) in [5.41, 5.74) is 5.67. The van der Waals surface area contributed by atoms with Gasteiger partial charge in [-0.1, -0.05) is 12.8 Å². The highest BCUT2D eigenvalue weighted by atomic mass is 35.5. The lowest BCUT2D eigenvalue weighted by molar-refractivity contribution is -0.126. The minimum atomic E-state index is -0.757.